The van der Waals surface area contributed by atoms with Gasteiger partial charge in [0.05, 0.1) is 16.9 Å². The van der Waals surface area contributed by atoms with E-state index in [1.54, 1.807) is 53.9 Å². The van der Waals surface area contributed by atoms with E-state index in [2.05, 4.69) is 20.9 Å². The van der Waals surface area contributed by atoms with Crippen LogP contribution in [-0.4, -0.2) is 29.4 Å². The third-order valence-electron chi connectivity index (χ3n) is 3.98. The van der Waals surface area contributed by atoms with Gasteiger partial charge in [0.1, 0.15) is 6.61 Å². The highest BCUT2D eigenvalue weighted by molar-refractivity contribution is 9.11. The van der Waals surface area contributed by atoms with Crippen LogP contribution in [0, 0.1) is 0 Å². The molecule has 0 N–H and O–H groups in total. The summed E-state index contributed by atoms with van der Waals surface area (Å²) in [6, 6.07) is 13.1. The second-order valence-electron chi connectivity index (χ2n) is 6.11. The Kier molecular flexibility index (Phi) is 7.06. The minimum Gasteiger partial charge on any atom is -0.490 e. The molecule has 1 aromatic carbocycles. The van der Waals surface area contributed by atoms with E-state index in [0.29, 0.717) is 36.8 Å². The Morgan fingerprint density at radius 3 is 2.71 bits per heavy atom. The molecule has 0 saturated carbocycles. The van der Waals surface area contributed by atoms with Crippen molar-refractivity contribution >= 4 is 33.2 Å². The fraction of sp³-hybridized carbons (Fsp3) is 0.238. The highest BCUT2D eigenvalue weighted by Crippen LogP contribution is 2.30. The largest absolute Gasteiger partial charge is 0.490 e. The van der Waals surface area contributed by atoms with Crippen LogP contribution in [0.1, 0.15) is 27.7 Å². The van der Waals surface area contributed by atoms with E-state index in [1.807, 2.05) is 31.2 Å². The second-order valence-corrected chi connectivity index (χ2v) is 8.66. The smallest absolute Gasteiger partial charge is 0.254 e. The van der Waals surface area contributed by atoms with E-state index >= 15 is 0 Å². The quantitative estimate of drug-likeness (QED) is 0.465. The topological polar surface area (TPSA) is 51.7 Å². The number of halogens is 1. The van der Waals surface area contributed by atoms with Crippen molar-refractivity contribution in [3.63, 3.8) is 0 Å². The molecule has 3 aromatic rings. The zero-order valence-corrected chi connectivity index (χ0v) is 18.1. The van der Waals surface area contributed by atoms with E-state index in [-0.39, 0.29) is 5.91 Å². The van der Waals surface area contributed by atoms with Crippen molar-refractivity contribution in [2.75, 3.05) is 13.7 Å². The average Bonchev–Trinajstić information content (AvgIpc) is 3.12. The van der Waals surface area contributed by atoms with E-state index in [4.69, 9.17) is 9.47 Å². The predicted octanol–water partition coefficient (Wildman–Crippen LogP) is 5.16. The molecule has 5 nitrogen and oxygen atoms in total. The molecule has 0 fully saturated rings. The molecule has 0 aliphatic rings. The van der Waals surface area contributed by atoms with Gasteiger partial charge in [0.15, 0.2) is 11.5 Å². The molecular formula is C21H21BrN2O3S. The van der Waals surface area contributed by atoms with Gasteiger partial charge in [-0.2, -0.15) is 0 Å². The maximum atomic E-state index is 12.8. The molecule has 7 heteroatoms. The number of ether oxygens (including phenoxy) is 2. The van der Waals surface area contributed by atoms with Crippen LogP contribution in [0.15, 0.2) is 58.6 Å². The molecule has 28 heavy (non-hydrogen) atoms. The summed E-state index contributed by atoms with van der Waals surface area (Å²) in [5.41, 5.74) is 1.53. The number of hydrogen-bond acceptors (Lipinski definition) is 5. The van der Waals surface area contributed by atoms with Crippen molar-refractivity contribution in [2.24, 2.45) is 0 Å². The van der Waals surface area contributed by atoms with E-state index in [1.165, 1.54) is 0 Å². The highest BCUT2D eigenvalue weighted by atomic mass is 79.9. The normalized spacial score (nSPS) is 10.5. The summed E-state index contributed by atoms with van der Waals surface area (Å²) in [5.74, 6) is 1.10. The van der Waals surface area contributed by atoms with Crippen LogP contribution in [0.25, 0.3) is 0 Å². The second kappa shape index (κ2) is 9.71. The van der Waals surface area contributed by atoms with Crippen molar-refractivity contribution in [3.05, 3.63) is 74.6 Å². The minimum absolute atomic E-state index is 0.0655. The molecule has 3 rings (SSSR count). The van der Waals surface area contributed by atoms with Crippen molar-refractivity contribution in [1.29, 1.82) is 0 Å². The van der Waals surface area contributed by atoms with Gasteiger partial charge < -0.3 is 14.4 Å². The summed E-state index contributed by atoms with van der Waals surface area (Å²) in [7, 11) is 1.79. The molecule has 2 heterocycles. The fourth-order valence-electron chi connectivity index (χ4n) is 2.64. The molecule has 0 aliphatic carbocycles. The first kappa shape index (κ1) is 20.4. The lowest BCUT2D eigenvalue weighted by Crippen LogP contribution is -2.25. The number of rotatable bonds is 8. The van der Waals surface area contributed by atoms with Crippen molar-refractivity contribution < 1.29 is 14.3 Å². The molecule has 0 saturated heterocycles. The molecule has 0 atom stereocenters. The lowest BCUT2D eigenvalue weighted by molar-refractivity contribution is 0.0786. The lowest BCUT2D eigenvalue weighted by Gasteiger charge is -2.18. The monoisotopic (exact) mass is 460 g/mol. The molecule has 2 aromatic heterocycles. The number of aromatic nitrogens is 1. The van der Waals surface area contributed by atoms with Crippen molar-refractivity contribution in [1.82, 2.24) is 9.88 Å². The summed E-state index contributed by atoms with van der Waals surface area (Å²) in [6.45, 7) is 3.33. The third kappa shape index (κ3) is 5.33. The van der Waals surface area contributed by atoms with E-state index in [9.17, 15) is 4.79 Å². The van der Waals surface area contributed by atoms with Gasteiger partial charge >= 0.3 is 0 Å². The summed E-state index contributed by atoms with van der Waals surface area (Å²) in [5, 5.41) is 0. The Hall–Kier alpha value is -2.38. The van der Waals surface area contributed by atoms with Gasteiger partial charge in [0.2, 0.25) is 0 Å². The van der Waals surface area contributed by atoms with Crippen molar-refractivity contribution in [2.45, 2.75) is 20.1 Å². The van der Waals surface area contributed by atoms with Gasteiger partial charge in [-0.05, 0) is 59.3 Å². The van der Waals surface area contributed by atoms with Crippen LogP contribution in [-0.2, 0) is 13.2 Å². The Balaban J connectivity index is 1.72. The van der Waals surface area contributed by atoms with Crippen LogP contribution < -0.4 is 9.47 Å². The number of nitrogens with zero attached hydrogens (tertiary/aromatic N) is 2. The van der Waals surface area contributed by atoms with Crippen LogP contribution >= 0.6 is 27.3 Å². The van der Waals surface area contributed by atoms with Gasteiger partial charge in [-0.15, -0.1) is 11.3 Å². The molecule has 0 spiro atoms. The van der Waals surface area contributed by atoms with Crippen molar-refractivity contribution in [3.8, 4) is 11.5 Å². The first-order chi connectivity index (χ1) is 13.6. The zero-order chi connectivity index (χ0) is 19.9. The standard InChI is InChI=1S/C21H21BrN2O3S/c1-3-26-19-11-16(21(25)24(2)13-17-7-9-20(22)28-17)6-8-18(19)27-14-15-5-4-10-23-12-15/h4-12H,3,13-14H2,1-2H3. The van der Waals surface area contributed by atoms with Crippen LogP contribution in [0.2, 0.25) is 0 Å². The van der Waals surface area contributed by atoms with Crippen LogP contribution in [0.4, 0.5) is 0 Å². The number of thiophene rings is 1. The molecule has 0 radical (unpaired) electrons. The Morgan fingerprint density at radius 2 is 2.04 bits per heavy atom. The summed E-state index contributed by atoms with van der Waals surface area (Å²) in [6.07, 6.45) is 3.48. The number of carbonyl (C=O) groups excluding carboxylic acids is 1. The van der Waals surface area contributed by atoms with Crippen LogP contribution in [0.5, 0.6) is 11.5 Å². The maximum Gasteiger partial charge on any atom is 0.254 e. The zero-order valence-electron chi connectivity index (χ0n) is 15.7. The lowest BCUT2D eigenvalue weighted by atomic mass is 10.1. The average molecular weight is 461 g/mol. The Labute approximate surface area is 177 Å². The van der Waals surface area contributed by atoms with Gasteiger partial charge in [-0.25, -0.2) is 0 Å². The van der Waals surface area contributed by atoms with E-state index in [0.717, 1.165) is 14.2 Å². The van der Waals surface area contributed by atoms with Gasteiger partial charge in [-0.1, -0.05) is 6.07 Å². The number of amides is 1. The minimum atomic E-state index is -0.0655. The molecular weight excluding hydrogens is 440 g/mol. The van der Waals surface area contributed by atoms with Crippen LogP contribution in [0.3, 0.4) is 0 Å². The number of pyridine rings is 1. The number of hydrogen-bond donors (Lipinski definition) is 0. The summed E-state index contributed by atoms with van der Waals surface area (Å²) < 4.78 is 12.6. The molecule has 0 aliphatic heterocycles. The van der Waals surface area contributed by atoms with Gasteiger partial charge in [-0.3, -0.25) is 9.78 Å². The third-order valence-corrected chi connectivity index (χ3v) is 5.58. The first-order valence-corrected chi connectivity index (χ1v) is 10.5. The number of carbonyl (C=O) groups is 1. The molecule has 0 bridgehead atoms. The highest BCUT2D eigenvalue weighted by Gasteiger charge is 2.16. The molecule has 0 unspecified atom stereocenters. The number of benzene rings is 1. The summed E-state index contributed by atoms with van der Waals surface area (Å²) >= 11 is 5.07. The Bertz CT molecular complexity index is 930. The van der Waals surface area contributed by atoms with Gasteiger partial charge in [0.25, 0.3) is 5.91 Å². The summed E-state index contributed by atoms with van der Waals surface area (Å²) in [4.78, 5) is 19.7. The van der Waals surface area contributed by atoms with E-state index < -0.39 is 0 Å². The fourth-order valence-corrected chi connectivity index (χ4v) is 4.17. The molecule has 1 amide bonds. The SMILES string of the molecule is CCOc1cc(C(=O)N(C)Cc2ccc(Br)s2)ccc1OCc1cccnc1. The van der Waals surface area contributed by atoms with Gasteiger partial charge in [0, 0.05) is 35.4 Å². The first-order valence-electron chi connectivity index (χ1n) is 8.85. The maximum absolute atomic E-state index is 12.8. The molecule has 146 valence electrons. The predicted molar refractivity (Wildman–Crippen MR) is 114 cm³/mol. The Morgan fingerprint density at radius 1 is 1.18 bits per heavy atom.